The molecule has 3 rings (SSSR count). The normalized spacial score (nSPS) is 16.8. The first-order valence-corrected chi connectivity index (χ1v) is 10.7. The number of aromatic nitrogens is 2. The van der Waals surface area contributed by atoms with Gasteiger partial charge >= 0.3 is 0 Å². The zero-order chi connectivity index (χ0) is 21.0. The molecule has 1 aromatic carbocycles. The van der Waals surface area contributed by atoms with Crippen LogP contribution in [0.25, 0.3) is 11.5 Å². The van der Waals surface area contributed by atoms with E-state index < -0.39 is 0 Å². The molecule has 1 amide bonds. The van der Waals surface area contributed by atoms with E-state index in [2.05, 4.69) is 42.7 Å². The quantitative estimate of drug-likeness (QED) is 0.691. The Morgan fingerprint density at radius 2 is 1.90 bits per heavy atom. The SMILES string of the molecule is CC(CC(=O)N1CCN(Cc2noc(-c3ccccc3Cl)n2)CC1)CC(C)(C)C. The first-order valence-electron chi connectivity index (χ1n) is 10.3. The zero-order valence-electron chi connectivity index (χ0n) is 17.8. The van der Waals surface area contributed by atoms with Gasteiger partial charge in [0, 0.05) is 32.6 Å². The first-order chi connectivity index (χ1) is 13.7. The van der Waals surface area contributed by atoms with Crippen molar-refractivity contribution in [3.8, 4) is 11.5 Å². The van der Waals surface area contributed by atoms with Crippen LogP contribution < -0.4 is 0 Å². The summed E-state index contributed by atoms with van der Waals surface area (Å²) in [7, 11) is 0. The molecule has 0 radical (unpaired) electrons. The Labute approximate surface area is 178 Å². The van der Waals surface area contributed by atoms with Crippen molar-refractivity contribution >= 4 is 17.5 Å². The van der Waals surface area contributed by atoms with Crippen LogP contribution in [0.4, 0.5) is 0 Å². The molecular weight excluding hydrogens is 388 g/mol. The van der Waals surface area contributed by atoms with Gasteiger partial charge in [-0.25, -0.2) is 0 Å². The Morgan fingerprint density at radius 3 is 2.55 bits per heavy atom. The molecule has 1 aromatic heterocycles. The Hall–Kier alpha value is -1.92. The van der Waals surface area contributed by atoms with Crippen LogP contribution in [0.3, 0.4) is 0 Å². The number of carbonyl (C=O) groups is 1. The standard InChI is InChI=1S/C22H31ClN4O2/c1-16(14-22(2,3)4)13-20(28)27-11-9-26(10-12-27)15-19-24-21(29-25-19)17-7-5-6-8-18(17)23/h5-8,16H,9-15H2,1-4H3. The summed E-state index contributed by atoms with van der Waals surface area (Å²) in [6.07, 6.45) is 1.69. The predicted octanol–water partition coefficient (Wildman–Crippen LogP) is 4.50. The fourth-order valence-electron chi connectivity index (χ4n) is 3.96. The molecule has 2 heterocycles. The Morgan fingerprint density at radius 1 is 1.21 bits per heavy atom. The van der Waals surface area contributed by atoms with Gasteiger partial charge in [0.1, 0.15) is 0 Å². The van der Waals surface area contributed by atoms with Gasteiger partial charge in [-0.05, 0) is 29.9 Å². The summed E-state index contributed by atoms with van der Waals surface area (Å²) in [6, 6.07) is 7.43. The lowest BCUT2D eigenvalue weighted by molar-refractivity contribution is -0.134. The van der Waals surface area contributed by atoms with Gasteiger partial charge < -0.3 is 9.42 Å². The molecule has 158 valence electrons. The minimum atomic E-state index is 0.256. The predicted molar refractivity (Wildman–Crippen MR) is 114 cm³/mol. The number of hydrogen-bond donors (Lipinski definition) is 0. The van der Waals surface area contributed by atoms with Gasteiger partial charge in [-0.2, -0.15) is 4.98 Å². The summed E-state index contributed by atoms with van der Waals surface area (Å²) in [6.45, 7) is 12.6. The van der Waals surface area contributed by atoms with Crippen molar-refractivity contribution in [1.82, 2.24) is 19.9 Å². The third-order valence-corrected chi connectivity index (χ3v) is 5.48. The van der Waals surface area contributed by atoms with E-state index in [0.29, 0.717) is 35.6 Å². The van der Waals surface area contributed by atoms with E-state index >= 15 is 0 Å². The van der Waals surface area contributed by atoms with Crippen molar-refractivity contribution in [2.24, 2.45) is 11.3 Å². The molecule has 0 bridgehead atoms. The van der Waals surface area contributed by atoms with E-state index in [4.69, 9.17) is 16.1 Å². The summed E-state index contributed by atoms with van der Waals surface area (Å²) in [5, 5.41) is 4.68. The lowest BCUT2D eigenvalue weighted by Crippen LogP contribution is -2.48. The second-order valence-electron chi connectivity index (χ2n) is 9.23. The summed E-state index contributed by atoms with van der Waals surface area (Å²) in [5.41, 5.74) is 0.999. The minimum Gasteiger partial charge on any atom is -0.340 e. The molecule has 2 aromatic rings. The zero-order valence-corrected chi connectivity index (χ0v) is 18.6. The number of amides is 1. The van der Waals surface area contributed by atoms with Gasteiger partial charge in [0.25, 0.3) is 5.89 Å². The largest absolute Gasteiger partial charge is 0.340 e. The average molecular weight is 419 g/mol. The lowest BCUT2D eigenvalue weighted by atomic mass is 9.84. The molecule has 0 spiro atoms. The first kappa shape index (κ1) is 21.8. The molecule has 0 N–H and O–H groups in total. The van der Waals surface area contributed by atoms with Crippen LogP contribution in [0.1, 0.15) is 46.4 Å². The average Bonchev–Trinajstić information content (AvgIpc) is 3.09. The van der Waals surface area contributed by atoms with Crippen LogP contribution in [0, 0.1) is 11.3 Å². The maximum atomic E-state index is 12.6. The van der Waals surface area contributed by atoms with Crippen LogP contribution in [-0.2, 0) is 11.3 Å². The van der Waals surface area contributed by atoms with Gasteiger partial charge in [0.05, 0.1) is 17.1 Å². The molecule has 1 aliphatic rings. The molecule has 1 saturated heterocycles. The molecule has 6 nitrogen and oxygen atoms in total. The highest BCUT2D eigenvalue weighted by molar-refractivity contribution is 6.33. The third kappa shape index (κ3) is 6.28. The number of nitrogens with zero attached hydrogens (tertiary/aromatic N) is 4. The Kier molecular flexibility index (Phi) is 6.96. The molecule has 1 atom stereocenters. The van der Waals surface area contributed by atoms with E-state index in [-0.39, 0.29) is 11.3 Å². The summed E-state index contributed by atoms with van der Waals surface area (Å²) in [5.74, 6) is 1.75. The Bertz CT molecular complexity index is 822. The number of halogens is 1. The highest BCUT2D eigenvalue weighted by Crippen LogP contribution is 2.27. The fourth-order valence-corrected chi connectivity index (χ4v) is 4.18. The number of hydrogen-bond acceptors (Lipinski definition) is 5. The molecule has 29 heavy (non-hydrogen) atoms. The van der Waals surface area contributed by atoms with E-state index in [1.807, 2.05) is 23.1 Å². The number of carbonyl (C=O) groups excluding carboxylic acids is 1. The van der Waals surface area contributed by atoms with Crippen molar-refractivity contribution in [2.75, 3.05) is 26.2 Å². The topological polar surface area (TPSA) is 62.5 Å². The van der Waals surface area contributed by atoms with Gasteiger partial charge in [0.2, 0.25) is 5.91 Å². The van der Waals surface area contributed by atoms with Gasteiger partial charge in [-0.15, -0.1) is 0 Å². The fraction of sp³-hybridized carbons (Fsp3) is 0.591. The molecule has 1 fully saturated rings. The maximum Gasteiger partial charge on any atom is 0.259 e. The van der Waals surface area contributed by atoms with Crippen molar-refractivity contribution in [2.45, 2.75) is 47.1 Å². The summed E-state index contributed by atoms with van der Waals surface area (Å²) >= 11 is 6.20. The van der Waals surface area contributed by atoms with Crippen LogP contribution in [0.2, 0.25) is 5.02 Å². The number of benzene rings is 1. The van der Waals surface area contributed by atoms with Crippen LogP contribution in [0.5, 0.6) is 0 Å². The second kappa shape index (κ2) is 9.26. The van der Waals surface area contributed by atoms with Crippen LogP contribution in [-0.4, -0.2) is 52.0 Å². The third-order valence-electron chi connectivity index (χ3n) is 5.15. The van der Waals surface area contributed by atoms with Gasteiger partial charge in [-0.3, -0.25) is 9.69 Å². The lowest BCUT2D eigenvalue weighted by Gasteiger charge is -2.35. The minimum absolute atomic E-state index is 0.256. The highest BCUT2D eigenvalue weighted by Gasteiger charge is 2.25. The molecule has 1 unspecified atom stereocenters. The molecule has 7 heteroatoms. The second-order valence-corrected chi connectivity index (χ2v) is 9.63. The van der Waals surface area contributed by atoms with Crippen molar-refractivity contribution in [3.05, 3.63) is 35.1 Å². The van der Waals surface area contributed by atoms with E-state index in [9.17, 15) is 4.79 Å². The molecule has 0 saturated carbocycles. The van der Waals surface area contributed by atoms with Gasteiger partial charge in [-0.1, -0.05) is 56.6 Å². The Balaban J connectivity index is 1.48. The van der Waals surface area contributed by atoms with E-state index in [1.54, 1.807) is 6.07 Å². The highest BCUT2D eigenvalue weighted by atomic mass is 35.5. The number of rotatable bonds is 6. The smallest absolute Gasteiger partial charge is 0.259 e. The van der Waals surface area contributed by atoms with Gasteiger partial charge in [0.15, 0.2) is 5.82 Å². The van der Waals surface area contributed by atoms with Crippen LogP contribution >= 0.6 is 11.6 Å². The van der Waals surface area contributed by atoms with E-state index in [1.165, 1.54) is 0 Å². The van der Waals surface area contributed by atoms with Crippen LogP contribution in [0.15, 0.2) is 28.8 Å². The summed E-state index contributed by atoms with van der Waals surface area (Å²) in [4.78, 5) is 21.3. The van der Waals surface area contributed by atoms with Crippen molar-refractivity contribution in [1.29, 1.82) is 0 Å². The molecule has 1 aliphatic heterocycles. The monoisotopic (exact) mass is 418 g/mol. The van der Waals surface area contributed by atoms with Crippen molar-refractivity contribution in [3.63, 3.8) is 0 Å². The molecular formula is C22H31ClN4O2. The molecule has 0 aliphatic carbocycles. The summed E-state index contributed by atoms with van der Waals surface area (Å²) < 4.78 is 5.38. The van der Waals surface area contributed by atoms with E-state index in [0.717, 1.165) is 38.2 Å². The number of piperazine rings is 1. The van der Waals surface area contributed by atoms with Crippen molar-refractivity contribution < 1.29 is 9.32 Å². The maximum absolute atomic E-state index is 12.6.